The maximum absolute atomic E-state index is 13.6. The highest BCUT2D eigenvalue weighted by molar-refractivity contribution is 6.30. The number of carbonyl (C=O) groups is 1. The van der Waals surface area contributed by atoms with Crippen molar-refractivity contribution in [2.45, 2.75) is 24.7 Å². The molecular weight excluding hydrogens is 291 g/mol. The van der Waals surface area contributed by atoms with E-state index in [1.807, 2.05) is 12.1 Å². The largest absolute Gasteiger partial charge is 0.323 e. The predicted molar refractivity (Wildman–Crippen MR) is 79.8 cm³/mol. The third-order valence-corrected chi connectivity index (χ3v) is 4.31. The molecule has 1 aromatic carbocycles. The first kappa shape index (κ1) is 14.0. The van der Waals surface area contributed by atoms with Gasteiger partial charge in [0.2, 0.25) is 5.91 Å². The lowest BCUT2D eigenvalue weighted by Gasteiger charge is -2.40. The van der Waals surface area contributed by atoms with Gasteiger partial charge in [-0.2, -0.15) is 0 Å². The van der Waals surface area contributed by atoms with Crippen LogP contribution in [0.3, 0.4) is 0 Å². The second-order valence-electron chi connectivity index (χ2n) is 5.25. The summed E-state index contributed by atoms with van der Waals surface area (Å²) in [6, 6.07) is 8.74. The van der Waals surface area contributed by atoms with Crippen LogP contribution in [0.5, 0.6) is 0 Å². The number of benzene rings is 1. The Morgan fingerprint density at radius 3 is 2.52 bits per heavy atom. The minimum atomic E-state index is -0.583. The molecular formula is C16H14ClFN2O. The SMILES string of the molecule is O=C(Nc1ccncc1F)C1(c2ccc(Cl)cc2)CCC1. The number of amides is 1. The lowest BCUT2D eigenvalue weighted by molar-refractivity contribution is -0.124. The van der Waals surface area contributed by atoms with Gasteiger partial charge in [-0.25, -0.2) is 4.39 Å². The Bertz CT molecular complexity index is 668. The highest BCUT2D eigenvalue weighted by atomic mass is 35.5. The molecule has 0 unspecified atom stereocenters. The first-order valence-corrected chi connectivity index (χ1v) is 7.17. The van der Waals surface area contributed by atoms with Gasteiger partial charge in [0.15, 0.2) is 5.82 Å². The van der Waals surface area contributed by atoms with Crippen LogP contribution in [0.2, 0.25) is 5.02 Å². The van der Waals surface area contributed by atoms with Gasteiger partial charge in [0.25, 0.3) is 0 Å². The summed E-state index contributed by atoms with van der Waals surface area (Å²) in [6.45, 7) is 0. The summed E-state index contributed by atoms with van der Waals surface area (Å²) in [7, 11) is 0. The summed E-state index contributed by atoms with van der Waals surface area (Å²) >= 11 is 5.90. The van der Waals surface area contributed by atoms with Crippen molar-refractivity contribution in [1.29, 1.82) is 0 Å². The van der Waals surface area contributed by atoms with Gasteiger partial charge in [-0.15, -0.1) is 0 Å². The molecule has 3 rings (SSSR count). The smallest absolute Gasteiger partial charge is 0.235 e. The van der Waals surface area contributed by atoms with E-state index >= 15 is 0 Å². The lowest BCUT2D eigenvalue weighted by atomic mass is 9.64. The van der Waals surface area contributed by atoms with Gasteiger partial charge < -0.3 is 5.32 Å². The number of hydrogen-bond acceptors (Lipinski definition) is 2. The van der Waals surface area contributed by atoms with Gasteiger partial charge in [0.05, 0.1) is 17.3 Å². The van der Waals surface area contributed by atoms with E-state index < -0.39 is 11.2 Å². The van der Waals surface area contributed by atoms with Gasteiger partial charge >= 0.3 is 0 Å². The second-order valence-corrected chi connectivity index (χ2v) is 5.69. The number of anilines is 1. The molecule has 1 heterocycles. The first-order valence-electron chi connectivity index (χ1n) is 6.79. The molecule has 108 valence electrons. The van der Waals surface area contributed by atoms with E-state index in [1.165, 1.54) is 12.3 Å². The summed E-state index contributed by atoms with van der Waals surface area (Å²) in [6.07, 6.45) is 5.04. The van der Waals surface area contributed by atoms with E-state index in [1.54, 1.807) is 12.1 Å². The van der Waals surface area contributed by atoms with Crippen molar-refractivity contribution in [1.82, 2.24) is 4.98 Å². The van der Waals surface area contributed by atoms with Crippen molar-refractivity contribution in [3.05, 3.63) is 59.1 Å². The number of halogens is 2. The predicted octanol–water partition coefficient (Wildman–Crippen LogP) is 3.93. The molecule has 5 heteroatoms. The molecule has 0 saturated heterocycles. The Labute approximate surface area is 127 Å². The number of pyridine rings is 1. The van der Waals surface area contributed by atoms with Crippen molar-refractivity contribution in [2.75, 3.05) is 5.32 Å². The quantitative estimate of drug-likeness (QED) is 0.933. The average Bonchev–Trinajstić information content (AvgIpc) is 2.42. The number of nitrogens with one attached hydrogen (secondary N) is 1. The summed E-state index contributed by atoms with van der Waals surface area (Å²) in [4.78, 5) is 16.3. The normalized spacial score (nSPS) is 16.1. The van der Waals surface area contributed by atoms with Crippen LogP contribution in [0.1, 0.15) is 24.8 Å². The van der Waals surface area contributed by atoms with Crippen molar-refractivity contribution in [2.24, 2.45) is 0 Å². The van der Waals surface area contributed by atoms with Crippen molar-refractivity contribution >= 4 is 23.2 Å². The molecule has 21 heavy (non-hydrogen) atoms. The zero-order valence-corrected chi connectivity index (χ0v) is 12.0. The Kier molecular flexibility index (Phi) is 3.64. The van der Waals surface area contributed by atoms with Crippen molar-refractivity contribution in [3.63, 3.8) is 0 Å². The molecule has 0 spiro atoms. The highest BCUT2D eigenvalue weighted by Gasteiger charge is 2.45. The van der Waals surface area contributed by atoms with Crippen LogP contribution in [0, 0.1) is 5.82 Å². The van der Waals surface area contributed by atoms with Crippen LogP contribution in [-0.2, 0) is 10.2 Å². The van der Waals surface area contributed by atoms with E-state index in [-0.39, 0.29) is 11.6 Å². The molecule has 1 fully saturated rings. The summed E-state index contributed by atoms with van der Waals surface area (Å²) in [5.41, 5.74) is 0.501. The van der Waals surface area contributed by atoms with Crippen LogP contribution in [0.15, 0.2) is 42.7 Å². The summed E-state index contributed by atoms with van der Waals surface area (Å²) in [5, 5.41) is 3.31. The molecule has 1 saturated carbocycles. The van der Waals surface area contributed by atoms with E-state index in [0.29, 0.717) is 5.02 Å². The maximum Gasteiger partial charge on any atom is 0.235 e. The fraction of sp³-hybridized carbons (Fsp3) is 0.250. The highest BCUT2D eigenvalue weighted by Crippen LogP contribution is 2.44. The zero-order chi connectivity index (χ0) is 14.9. The second kappa shape index (κ2) is 5.45. The van der Waals surface area contributed by atoms with E-state index in [0.717, 1.165) is 31.0 Å². The monoisotopic (exact) mass is 304 g/mol. The average molecular weight is 305 g/mol. The third-order valence-electron chi connectivity index (χ3n) is 4.06. The molecule has 1 amide bonds. The van der Waals surface area contributed by atoms with Gasteiger partial charge in [-0.3, -0.25) is 9.78 Å². The minimum absolute atomic E-state index is 0.162. The van der Waals surface area contributed by atoms with E-state index in [2.05, 4.69) is 10.3 Å². The van der Waals surface area contributed by atoms with Gasteiger partial charge in [0.1, 0.15) is 0 Å². The topological polar surface area (TPSA) is 42.0 Å². The number of nitrogens with zero attached hydrogens (tertiary/aromatic N) is 1. The lowest BCUT2D eigenvalue weighted by Crippen LogP contribution is -2.46. The van der Waals surface area contributed by atoms with Gasteiger partial charge in [-0.05, 0) is 36.6 Å². The number of rotatable bonds is 3. The standard InChI is InChI=1S/C16H14ClFN2O/c17-12-4-2-11(3-5-12)16(7-1-8-16)15(21)20-14-6-9-19-10-13(14)18/h2-6,9-10H,1,7-8H2,(H,19,20,21). The molecule has 0 aliphatic heterocycles. The number of aromatic nitrogens is 1. The van der Waals surface area contributed by atoms with Crippen LogP contribution >= 0.6 is 11.6 Å². The van der Waals surface area contributed by atoms with Crippen molar-refractivity contribution < 1.29 is 9.18 Å². The molecule has 1 aliphatic rings. The van der Waals surface area contributed by atoms with Crippen molar-refractivity contribution in [3.8, 4) is 0 Å². The zero-order valence-electron chi connectivity index (χ0n) is 11.3. The maximum atomic E-state index is 13.6. The Hall–Kier alpha value is -1.94. The summed E-state index contributed by atoms with van der Waals surface area (Å²) < 4.78 is 13.6. The molecule has 0 radical (unpaired) electrons. The van der Waals surface area contributed by atoms with Crippen LogP contribution in [0.25, 0.3) is 0 Å². The Morgan fingerprint density at radius 1 is 1.24 bits per heavy atom. The first-order chi connectivity index (χ1) is 10.1. The van der Waals surface area contributed by atoms with E-state index in [9.17, 15) is 9.18 Å². The third kappa shape index (κ3) is 2.51. The molecule has 1 aromatic heterocycles. The molecule has 1 aliphatic carbocycles. The molecule has 0 bridgehead atoms. The minimum Gasteiger partial charge on any atom is -0.323 e. The van der Waals surface area contributed by atoms with Gasteiger partial charge in [0, 0.05) is 11.2 Å². The number of hydrogen-bond donors (Lipinski definition) is 1. The molecule has 3 nitrogen and oxygen atoms in total. The molecule has 1 N–H and O–H groups in total. The van der Waals surface area contributed by atoms with Crippen LogP contribution in [-0.4, -0.2) is 10.9 Å². The van der Waals surface area contributed by atoms with Crippen LogP contribution < -0.4 is 5.32 Å². The molecule has 2 aromatic rings. The van der Waals surface area contributed by atoms with Gasteiger partial charge in [-0.1, -0.05) is 30.2 Å². The van der Waals surface area contributed by atoms with E-state index in [4.69, 9.17) is 11.6 Å². The van der Waals surface area contributed by atoms with Crippen LogP contribution in [0.4, 0.5) is 10.1 Å². The number of carbonyl (C=O) groups excluding carboxylic acids is 1. The fourth-order valence-electron chi connectivity index (χ4n) is 2.66. The summed E-state index contributed by atoms with van der Waals surface area (Å²) in [5.74, 6) is -0.711. The fourth-order valence-corrected chi connectivity index (χ4v) is 2.79. The Balaban J connectivity index is 1.87. The molecule has 0 atom stereocenters. The Morgan fingerprint density at radius 2 is 1.95 bits per heavy atom.